The highest BCUT2D eigenvalue weighted by molar-refractivity contribution is 7.95. The number of alkyl halides is 1. The molecule has 1 unspecified atom stereocenters. The second-order valence-corrected chi connectivity index (χ2v) is 14.6. The van der Waals surface area contributed by atoms with Crippen molar-refractivity contribution in [1.29, 1.82) is 0 Å². The molecule has 0 saturated carbocycles. The SMILES string of the molecule is CN(C)S(=O)(=O)c1ccc(S(=O)(=O)C(F)c2cccc(Cl)c2N2CCC(C)(C)CC2)s1. The van der Waals surface area contributed by atoms with Crippen molar-refractivity contribution in [2.75, 3.05) is 32.1 Å². The topological polar surface area (TPSA) is 74.8 Å². The number of hydrogen-bond donors (Lipinski definition) is 0. The fourth-order valence-electron chi connectivity index (χ4n) is 3.43. The highest BCUT2D eigenvalue weighted by atomic mass is 35.5. The molecular weight excluding hydrogens is 483 g/mol. The van der Waals surface area contributed by atoms with Crippen LogP contribution < -0.4 is 4.90 Å². The van der Waals surface area contributed by atoms with E-state index in [-0.39, 0.29) is 24.4 Å². The van der Waals surface area contributed by atoms with Crippen LogP contribution in [-0.4, -0.2) is 48.3 Å². The van der Waals surface area contributed by atoms with Crippen LogP contribution in [0.25, 0.3) is 0 Å². The van der Waals surface area contributed by atoms with E-state index in [1.165, 1.54) is 32.3 Å². The Morgan fingerprint density at radius 3 is 2.23 bits per heavy atom. The summed E-state index contributed by atoms with van der Waals surface area (Å²) in [6.07, 6.45) is 1.75. The Hall–Kier alpha value is -1.20. The van der Waals surface area contributed by atoms with Crippen molar-refractivity contribution >= 4 is 48.5 Å². The summed E-state index contributed by atoms with van der Waals surface area (Å²) < 4.78 is 66.8. The zero-order valence-electron chi connectivity index (χ0n) is 17.8. The molecule has 2 aromatic rings. The molecule has 0 amide bonds. The van der Waals surface area contributed by atoms with E-state index in [2.05, 4.69) is 13.8 Å². The van der Waals surface area contributed by atoms with Crippen LogP contribution in [0.4, 0.5) is 10.1 Å². The van der Waals surface area contributed by atoms with Crippen molar-refractivity contribution in [3.63, 3.8) is 0 Å². The van der Waals surface area contributed by atoms with Gasteiger partial charge in [-0.2, -0.15) is 0 Å². The monoisotopic (exact) mass is 508 g/mol. The molecule has 3 rings (SSSR count). The normalized spacial score (nSPS) is 18.4. The minimum absolute atomic E-state index is 0.0300. The van der Waals surface area contributed by atoms with E-state index in [1.807, 2.05) is 4.90 Å². The number of rotatable bonds is 6. The molecule has 0 radical (unpaired) electrons. The highest BCUT2D eigenvalue weighted by Crippen LogP contribution is 2.43. The summed E-state index contributed by atoms with van der Waals surface area (Å²) in [6.45, 7) is 5.61. The van der Waals surface area contributed by atoms with Gasteiger partial charge in [0.25, 0.3) is 10.0 Å². The molecule has 0 N–H and O–H groups in total. The predicted molar refractivity (Wildman–Crippen MR) is 123 cm³/mol. The van der Waals surface area contributed by atoms with Crippen molar-refractivity contribution in [1.82, 2.24) is 4.31 Å². The van der Waals surface area contributed by atoms with Crippen LogP contribution >= 0.6 is 22.9 Å². The number of hydrogen-bond acceptors (Lipinski definition) is 6. The maximum atomic E-state index is 15.6. The second-order valence-electron chi connectivity index (χ2n) is 8.55. The van der Waals surface area contributed by atoms with Gasteiger partial charge in [-0.15, -0.1) is 11.3 Å². The number of halogens is 2. The third-order valence-electron chi connectivity index (χ3n) is 5.54. The van der Waals surface area contributed by atoms with Gasteiger partial charge in [-0.25, -0.2) is 25.5 Å². The molecule has 1 fully saturated rings. The van der Waals surface area contributed by atoms with E-state index < -0.39 is 25.4 Å². The first-order chi connectivity index (χ1) is 14.3. The van der Waals surface area contributed by atoms with Crippen molar-refractivity contribution in [3.05, 3.63) is 40.9 Å². The average Bonchev–Trinajstić information content (AvgIpc) is 3.19. The zero-order chi connectivity index (χ0) is 23.2. The van der Waals surface area contributed by atoms with Crippen LogP contribution in [0.3, 0.4) is 0 Å². The fourth-order valence-corrected chi connectivity index (χ4v) is 8.07. The first-order valence-corrected chi connectivity index (χ1v) is 13.9. The Balaban J connectivity index is 1.99. The summed E-state index contributed by atoms with van der Waals surface area (Å²) >= 11 is 6.93. The van der Waals surface area contributed by atoms with E-state index in [0.29, 0.717) is 30.1 Å². The Morgan fingerprint density at radius 1 is 1.06 bits per heavy atom. The summed E-state index contributed by atoms with van der Waals surface area (Å²) in [7, 11) is -5.60. The van der Waals surface area contributed by atoms with Crippen LogP contribution in [0, 0.1) is 5.41 Å². The first-order valence-electron chi connectivity index (χ1n) is 9.71. The molecular formula is C20H26ClFN2O4S3. The summed E-state index contributed by atoms with van der Waals surface area (Å²) in [6, 6.07) is 6.88. The molecule has 1 aromatic heterocycles. The molecule has 1 saturated heterocycles. The Bertz CT molecular complexity index is 1170. The lowest BCUT2D eigenvalue weighted by molar-refractivity contribution is 0.279. The number of sulfonamides is 1. The van der Waals surface area contributed by atoms with Gasteiger partial charge in [0.1, 0.15) is 8.42 Å². The van der Waals surface area contributed by atoms with E-state index in [1.54, 1.807) is 6.07 Å². The number of sulfone groups is 1. The quantitative estimate of drug-likeness (QED) is 0.564. The highest BCUT2D eigenvalue weighted by Gasteiger charge is 2.36. The van der Waals surface area contributed by atoms with Crippen molar-refractivity contribution in [3.8, 4) is 0 Å². The lowest BCUT2D eigenvalue weighted by Gasteiger charge is -2.39. The number of benzene rings is 1. The summed E-state index contributed by atoms with van der Waals surface area (Å²) in [4.78, 5) is 1.93. The molecule has 0 aliphatic carbocycles. The van der Waals surface area contributed by atoms with Gasteiger partial charge in [-0.3, -0.25) is 0 Å². The van der Waals surface area contributed by atoms with Crippen LogP contribution in [0.1, 0.15) is 37.8 Å². The lowest BCUT2D eigenvalue weighted by Crippen LogP contribution is -2.38. The van der Waals surface area contributed by atoms with E-state index >= 15 is 4.39 Å². The van der Waals surface area contributed by atoms with Gasteiger partial charge < -0.3 is 4.90 Å². The Morgan fingerprint density at radius 2 is 1.65 bits per heavy atom. The largest absolute Gasteiger partial charge is 0.370 e. The summed E-state index contributed by atoms with van der Waals surface area (Å²) in [5, 5.41) is 0.289. The van der Waals surface area contributed by atoms with E-state index in [0.717, 1.165) is 23.2 Å². The Kier molecular flexibility index (Phi) is 6.80. The third-order valence-corrected chi connectivity index (χ3v) is 11.5. The standard InChI is InChI=1S/C20H26ClFN2O4S3/c1-20(2)10-12-24(13-11-20)18-14(6-5-7-15(18)21)19(22)30(25,26)16-8-9-17(29-16)31(27,28)23(3)4/h5-9,19H,10-13H2,1-4H3. The molecule has 6 nitrogen and oxygen atoms in total. The number of thiophene rings is 1. The lowest BCUT2D eigenvalue weighted by atomic mass is 9.82. The first kappa shape index (κ1) is 24.4. The molecule has 1 aliphatic rings. The molecule has 1 atom stereocenters. The van der Waals surface area contributed by atoms with Gasteiger partial charge in [0, 0.05) is 32.7 Å². The van der Waals surface area contributed by atoms with E-state index in [9.17, 15) is 16.8 Å². The zero-order valence-corrected chi connectivity index (χ0v) is 21.0. The molecule has 172 valence electrons. The van der Waals surface area contributed by atoms with Crippen LogP contribution in [0.15, 0.2) is 38.8 Å². The van der Waals surface area contributed by atoms with Crippen molar-refractivity contribution < 1.29 is 21.2 Å². The number of para-hydroxylation sites is 1. The number of piperidine rings is 1. The maximum absolute atomic E-state index is 15.6. The second kappa shape index (κ2) is 8.62. The molecule has 2 heterocycles. The number of anilines is 1. The molecule has 1 aliphatic heterocycles. The van der Waals surface area contributed by atoms with Gasteiger partial charge in [0.2, 0.25) is 15.3 Å². The summed E-state index contributed by atoms with van der Waals surface area (Å²) in [5.74, 6) is 0. The Labute approximate surface area is 192 Å². The van der Waals surface area contributed by atoms with Crippen LogP contribution in [0.2, 0.25) is 5.02 Å². The van der Waals surface area contributed by atoms with Crippen molar-refractivity contribution in [2.24, 2.45) is 5.41 Å². The van der Waals surface area contributed by atoms with Crippen molar-refractivity contribution in [2.45, 2.75) is 40.6 Å². The molecule has 11 heteroatoms. The van der Waals surface area contributed by atoms with Gasteiger partial charge >= 0.3 is 0 Å². The minimum atomic E-state index is -4.47. The minimum Gasteiger partial charge on any atom is -0.370 e. The third kappa shape index (κ3) is 4.78. The molecule has 31 heavy (non-hydrogen) atoms. The fraction of sp³-hybridized carbons (Fsp3) is 0.500. The molecule has 1 aromatic carbocycles. The maximum Gasteiger partial charge on any atom is 0.252 e. The van der Waals surface area contributed by atoms with Gasteiger partial charge in [-0.1, -0.05) is 37.6 Å². The van der Waals surface area contributed by atoms with Gasteiger partial charge in [0.15, 0.2) is 0 Å². The van der Waals surface area contributed by atoms with E-state index in [4.69, 9.17) is 11.6 Å². The van der Waals surface area contributed by atoms with Crippen LogP contribution in [0.5, 0.6) is 0 Å². The average molecular weight is 509 g/mol. The summed E-state index contributed by atoms with van der Waals surface area (Å²) in [5.41, 5.74) is -1.86. The smallest absolute Gasteiger partial charge is 0.252 e. The molecule has 0 bridgehead atoms. The van der Waals surface area contributed by atoms with Gasteiger partial charge in [0.05, 0.1) is 10.7 Å². The van der Waals surface area contributed by atoms with Crippen LogP contribution in [-0.2, 0) is 19.9 Å². The number of nitrogens with zero attached hydrogens (tertiary/aromatic N) is 2. The predicted octanol–water partition coefficient (Wildman–Crippen LogP) is 4.72. The van der Waals surface area contributed by atoms with Gasteiger partial charge in [-0.05, 0) is 36.5 Å². The molecule has 0 spiro atoms.